The molecule has 4 rings (SSSR count). The number of hydrogen-bond acceptors (Lipinski definition) is 3. The highest BCUT2D eigenvalue weighted by molar-refractivity contribution is 7.07. The SMILES string of the molecule is Clc1ccc(-c2cn[nH]c2[C@H]2CCCN(Cc3ccsc3)C2)cc1. The molecule has 1 aromatic carbocycles. The average molecular weight is 358 g/mol. The van der Waals surface area contributed by atoms with E-state index in [0.29, 0.717) is 5.92 Å². The largest absolute Gasteiger partial charge is 0.298 e. The van der Waals surface area contributed by atoms with E-state index < -0.39 is 0 Å². The number of nitrogens with zero attached hydrogens (tertiary/aromatic N) is 2. The summed E-state index contributed by atoms with van der Waals surface area (Å²) in [6.45, 7) is 3.31. The summed E-state index contributed by atoms with van der Waals surface area (Å²) in [6, 6.07) is 10.3. The smallest absolute Gasteiger partial charge is 0.0568 e. The molecule has 5 heteroatoms. The third-order valence-electron chi connectivity index (χ3n) is 4.72. The monoisotopic (exact) mass is 357 g/mol. The second kappa shape index (κ2) is 7.09. The van der Waals surface area contributed by atoms with Crippen molar-refractivity contribution in [1.29, 1.82) is 0 Å². The Kier molecular flexibility index (Phi) is 4.69. The average Bonchev–Trinajstić information content (AvgIpc) is 3.27. The summed E-state index contributed by atoms with van der Waals surface area (Å²) in [4.78, 5) is 2.56. The summed E-state index contributed by atoms with van der Waals surface area (Å²) in [6.07, 6.45) is 4.38. The fraction of sp³-hybridized carbons (Fsp3) is 0.316. The number of nitrogens with one attached hydrogen (secondary N) is 1. The van der Waals surface area contributed by atoms with Crippen LogP contribution in [0.3, 0.4) is 0 Å². The van der Waals surface area contributed by atoms with Crippen LogP contribution >= 0.6 is 22.9 Å². The number of likely N-dealkylation sites (tertiary alicyclic amines) is 1. The molecule has 1 saturated heterocycles. The first kappa shape index (κ1) is 15.9. The van der Waals surface area contributed by atoms with Crippen LogP contribution in [0.25, 0.3) is 11.1 Å². The van der Waals surface area contributed by atoms with Crippen LogP contribution < -0.4 is 0 Å². The van der Waals surface area contributed by atoms with Crippen molar-refractivity contribution in [1.82, 2.24) is 15.1 Å². The van der Waals surface area contributed by atoms with Gasteiger partial charge in [0.05, 0.1) is 6.20 Å². The number of H-pyrrole nitrogens is 1. The zero-order valence-electron chi connectivity index (χ0n) is 13.4. The van der Waals surface area contributed by atoms with E-state index in [9.17, 15) is 0 Å². The third-order valence-corrected chi connectivity index (χ3v) is 5.71. The maximum atomic E-state index is 6.02. The van der Waals surface area contributed by atoms with Crippen LogP contribution in [0.2, 0.25) is 5.02 Å². The second-order valence-electron chi connectivity index (χ2n) is 6.41. The zero-order valence-corrected chi connectivity index (χ0v) is 15.0. The van der Waals surface area contributed by atoms with Gasteiger partial charge in [-0.05, 0) is 59.5 Å². The van der Waals surface area contributed by atoms with Crippen molar-refractivity contribution >= 4 is 22.9 Å². The summed E-state index contributed by atoms with van der Waals surface area (Å²) in [7, 11) is 0. The van der Waals surface area contributed by atoms with Crippen LogP contribution in [0.5, 0.6) is 0 Å². The van der Waals surface area contributed by atoms with Crippen molar-refractivity contribution in [2.75, 3.05) is 13.1 Å². The predicted molar refractivity (Wildman–Crippen MR) is 101 cm³/mol. The first-order valence-corrected chi connectivity index (χ1v) is 9.64. The quantitative estimate of drug-likeness (QED) is 0.698. The first-order valence-electron chi connectivity index (χ1n) is 8.32. The highest BCUT2D eigenvalue weighted by Gasteiger charge is 2.25. The fourth-order valence-corrected chi connectivity index (χ4v) is 4.33. The van der Waals surface area contributed by atoms with Crippen molar-refractivity contribution in [3.63, 3.8) is 0 Å². The van der Waals surface area contributed by atoms with Crippen molar-refractivity contribution in [2.24, 2.45) is 0 Å². The van der Waals surface area contributed by atoms with Gasteiger partial charge in [0.25, 0.3) is 0 Å². The maximum absolute atomic E-state index is 6.02. The number of halogens is 1. The number of benzene rings is 1. The molecule has 1 atom stereocenters. The first-order chi connectivity index (χ1) is 11.8. The molecule has 2 aromatic heterocycles. The Hall–Kier alpha value is -1.62. The molecule has 0 amide bonds. The number of rotatable bonds is 4. The number of aromatic nitrogens is 2. The van der Waals surface area contributed by atoms with Crippen LogP contribution in [0.15, 0.2) is 47.3 Å². The fourth-order valence-electron chi connectivity index (χ4n) is 3.54. The molecule has 124 valence electrons. The summed E-state index contributed by atoms with van der Waals surface area (Å²) >= 11 is 7.79. The Morgan fingerprint density at radius 1 is 1.25 bits per heavy atom. The van der Waals surface area contributed by atoms with Crippen LogP contribution in [-0.2, 0) is 6.54 Å². The molecule has 0 spiro atoms. The molecular weight excluding hydrogens is 338 g/mol. The molecule has 0 radical (unpaired) electrons. The minimum absolute atomic E-state index is 0.505. The summed E-state index contributed by atoms with van der Waals surface area (Å²) in [5, 5.41) is 12.8. The highest BCUT2D eigenvalue weighted by atomic mass is 35.5. The Bertz CT molecular complexity index is 779. The lowest BCUT2D eigenvalue weighted by Gasteiger charge is -2.32. The van der Waals surface area contributed by atoms with Gasteiger partial charge in [0.2, 0.25) is 0 Å². The van der Waals surface area contributed by atoms with Gasteiger partial charge in [0.15, 0.2) is 0 Å². The van der Waals surface area contributed by atoms with E-state index in [1.807, 2.05) is 18.3 Å². The lowest BCUT2D eigenvalue weighted by Crippen LogP contribution is -2.34. The number of piperidine rings is 1. The number of aromatic amines is 1. The van der Waals surface area contributed by atoms with Crippen molar-refractivity contribution < 1.29 is 0 Å². The standard InChI is InChI=1S/C19H20ClN3S/c20-17-5-3-15(4-6-17)18-10-21-22-19(18)16-2-1-8-23(12-16)11-14-7-9-24-13-14/h3-7,9-10,13,16H,1-2,8,11-12H2,(H,21,22)/t16-/m0/s1. The van der Waals surface area contributed by atoms with Crippen LogP contribution in [-0.4, -0.2) is 28.2 Å². The van der Waals surface area contributed by atoms with Gasteiger partial charge in [0, 0.05) is 35.3 Å². The van der Waals surface area contributed by atoms with E-state index in [1.165, 1.54) is 41.8 Å². The van der Waals surface area contributed by atoms with E-state index in [-0.39, 0.29) is 0 Å². The molecule has 1 fully saturated rings. The molecule has 3 nitrogen and oxygen atoms in total. The van der Waals surface area contributed by atoms with Gasteiger partial charge in [-0.15, -0.1) is 0 Å². The predicted octanol–water partition coefficient (Wildman–Crippen LogP) is 5.17. The summed E-state index contributed by atoms with van der Waals surface area (Å²) < 4.78 is 0. The lowest BCUT2D eigenvalue weighted by atomic mass is 9.90. The van der Waals surface area contributed by atoms with E-state index in [0.717, 1.165) is 18.1 Å². The van der Waals surface area contributed by atoms with Gasteiger partial charge in [-0.2, -0.15) is 16.4 Å². The van der Waals surface area contributed by atoms with Gasteiger partial charge >= 0.3 is 0 Å². The molecule has 1 aliphatic heterocycles. The molecule has 0 unspecified atom stereocenters. The van der Waals surface area contributed by atoms with Crippen molar-refractivity contribution in [3.8, 4) is 11.1 Å². The van der Waals surface area contributed by atoms with Crippen LogP contribution in [0.4, 0.5) is 0 Å². The van der Waals surface area contributed by atoms with Crippen molar-refractivity contribution in [3.05, 3.63) is 63.6 Å². The molecule has 0 aliphatic carbocycles. The second-order valence-corrected chi connectivity index (χ2v) is 7.63. The Morgan fingerprint density at radius 3 is 2.92 bits per heavy atom. The van der Waals surface area contributed by atoms with E-state index in [2.05, 4.69) is 44.1 Å². The van der Waals surface area contributed by atoms with Crippen molar-refractivity contribution in [2.45, 2.75) is 25.3 Å². The Labute approximate surface area is 151 Å². The molecule has 3 aromatic rings. The topological polar surface area (TPSA) is 31.9 Å². The highest BCUT2D eigenvalue weighted by Crippen LogP contribution is 2.33. The lowest BCUT2D eigenvalue weighted by molar-refractivity contribution is 0.199. The van der Waals surface area contributed by atoms with E-state index >= 15 is 0 Å². The molecule has 1 aliphatic rings. The molecule has 0 saturated carbocycles. The number of thiophene rings is 1. The van der Waals surface area contributed by atoms with Gasteiger partial charge in [-0.1, -0.05) is 23.7 Å². The Morgan fingerprint density at radius 2 is 2.12 bits per heavy atom. The molecule has 3 heterocycles. The third kappa shape index (κ3) is 3.41. The molecule has 0 bridgehead atoms. The molecule has 1 N–H and O–H groups in total. The minimum atomic E-state index is 0.505. The van der Waals surface area contributed by atoms with E-state index in [4.69, 9.17) is 11.6 Å². The normalized spacial score (nSPS) is 18.8. The molecular formula is C19H20ClN3S. The van der Waals surface area contributed by atoms with Gasteiger partial charge in [-0.25, -0.2) is 0 Å². The van der Waals surface area contributed by atoms with Gasteiger partial charge < -0.3 is 0 Å². The summed E-state index contributed by atoms with van der Waals surface area (Å²) in [5.41, 5.74) is 5.06. The summed E-state index contributed by atoms with van der Waals surface area (Å²) in [5.74, 6) is 0.505. The van der Waals surface area contributed by atoms with E-state index in [1.54, 1.807) is 11.3 Å². The maximum Gasteiger partial charge on any atom is 0.0568 e. The Balaban J connectivity index is 1.53. The minimum Gasteiger partial charge on any atom is -0.298 e. The van der Waals surface area contributed by atoms with Gasteiger partial charge in [0.1, 0.15) is 0 Å². The molecule has 24 heavy (non-hydrogen) atoms. The van der Waals surface area contributed by atoms with Crippen LogP contribution in [0, 0.1) is 0 Å². The number of hydrogen-bond donors (Lipinski definition) is 1. The van der Waals surface area contributed by atoms with Gasteiger partial charge in [-0.3, -0.25) is 10.00 Å². The van der Waals surface area contributed by atoms with Crippen LogP contribution in [0.1, 0.15) is 30.0 Å². The zero-order chi connectivity index (χ0) is 16.4.